The SMILES string of the molecule is CN(CC(=O)O)C1CCN(CC(=O)Nc2ccccc2C(C)(C)C)CC1. The number of carboxylic acids is 1. The number of nitrogens with one attached hydrogen (secondary N) is 1. The van der Waals surface area contributed by atoms with E-state index in [1.54, 1.807) is 0 Å². The van der Waals surface area contributed by atoms with Crippen molar-refractivity contribution in [3.63, 3.8) is 0 Å². The topological polar surface area (TPSA) is 72.9 Å². The number of hydrogen-bond donors (Lipinski definition) is 2. The molecule has 6 heteroatoms. The third-order valence-electron chi connectivity index (χ3n) is 4.94. The first kappa shape index (κ1) is 20.4. The number of benzene rings is 1. The molecule has 1 heterocycles. The van der Waals surface area contributed by atoms with E-state index in [2.05, 4.69) is 37.1 Å². The Labute approximate surface area is 156 Å². The van der Waals surface area contributed by atoms with Crippen LogP contribution in [0.5, 0.6) is 0 Å². The zero-order chi connectivity index (χ0) is 19.3. The summed E-state index contributed by atoms with van der Waals surface area (Å²) in [6.45, 7) is 8.46. The number of anilines is 1. The van der Waals surface area contributed by atoms with Gasteiger partial charge in [-0.2, -0.15) is 0 Å². The molecule has 1 aliphatic heterocycles. The fourth-order valence-electron chi connectivity index (χ4n) is 3.50. The third kappa shape index (κ3) is 5.81. The zero-order valence-corrected chi connectivity index (χ0v) is 16.3. The Bertz CT molecular complexity index is 631. The molecule has 1 saturated heterocycles. The number of carboxylic acid groups (broad SMARTS) is 1. The van der Waals surface area contributed by atoms with E-state index >= 15 is 0 Å². The van der Waals surface area contributed by atoms with E-state index in [4.69, 9.17) is 5.11 Å². The number of para-hydroxylation sites is 1. The Hall–Kier alpha value is -1.92. The van der Waals surface area contributed by atoms with Crippen LogP contribution < -0.4 is 5.32 Å². The lowest BCUT2D eigenvalue weighted by Gasteiger charge is -2.35. The number of aliphatic carboxylic acids is 1. The average molecular weight is 361 g/mol. The van der Waals surface area contributed by atoms with Crippen molar-refractivity contribution in [3.8, 4) is 0 Å². The third-order valence-corrected chi connectivity index (χ3v) is 4.94. The summed E-state index contributed by atoms with van der Waals surface area (Å²) in [6, 6.07) is 8.21. The average Bonchev–Trinajstić information content (AvgIpc) is 2.54. The monoisotopic (exact) mass is 361 g/mol. The number of carbonyl (C=O) groups is 2. The Balaban J connectivity index is 1.86. The van der Waals surface area contributed by atoms with E-state index in [1.165, 1.54) is 0 Å². The van der Waals surface area contributed by atoms with Gasteiger partial charge in [-0.25, -0.2) is 0 Å². The summed E-state index contributed by atoms with van der Waals surface area (Å²) < 4.78 is 0. The van der Waals surface area contributed by atoms with Crippen LogP contribution in [0.1, 0.15) is 39.2 Å². The molecule has 26 heavy (non-hydrogen) atoms. The van der Waals surface area contributed by atoms with Gasteiger partial charge in [0.25, 0.3) is 0 Å². The van der Waals surface area contributed by atoms with Crippen LogP contribution in [0.3, 0.4) is 0 Å². The number of likely N-dealkylation sites (tertiary alicyclic amines) is 1. The molecule has 1 amide bonds. The number of nitrogens with zero attached hydrogens (tertiary/aromatic N) is 2. The maximum atomic E-state index is 12.5. The van der Waals surface area contributed by atoms with Crippen LogP contribution >= 0.6 is 0 Å². The summed E-state index contributed by atoms with van der Waals surface area (Å²) in [5.41, 5.74) is 1.97. The molecule has 1 aliphatic rings. The van der Waals surface area contributed by atoms with Crippen LogP contribution in [0, 0.1) is 0 Å². The minimum Gasteiger partial charge on any atom is -0.480 e. The van der Waals surface area contributed by atoms with E-state index < -0.39 is 5.97 Å². The highest BCUT2D eigenvalue weighted by Gasteiger charge is 2.25. The molecule has 0 atom stereocenters. The van der Waals surface area contributed by atoms with Crippen molar-refractivity contribution in [2.45, 2.75) is 45.1 Å². The Morgan fingerprint density at radius 2 is 1.85 bits per heavy atom. The molecule has 0 spiro atoms. The highest BCUT2D eigenvalue weighted by Crippen LogP contribution is 2.29. The second-order valence-electron chi connectivity index (χ2n) is 8.16. The molecule has 0 aliphatic carbocycles. The van der Waals surface area contributed by atoms with Gasteiger partial charge in [0, 0.05) is 24.8 Å². The van der Waals surface area contributed by atoms with Crippen LogP contribution in [0.15, 0.2) is 24.3 Å². The molecule has 0 saturated carbocycles. The van der Waals surface area contributed by atoms with Crippen LogP contribution in [0.4, 0.5) is 5.69 Å². The van der Waals surface area contributed by atoms with Crippen molar-refractivity contribution in [2.75, 3.05) is 38.5 Å². The van der Waals surface area contributed by atoms with Crippen LogP contribution in [-0.4, -0.2) is 66.1 Å². The van der Waals surface area contributed by atoms with E-state index in [0.29, 0.717) is 6.54 Å². The molecule has 1 aromatic carbocycles. The van der Waals surface area contributed by atoms with Crippen molar-refractivity contribution in [3.05, 3.63) is 29.8 Å². The van der Waals surface area contributed by atoms with Gasteiger partial charge in [0.1, 0.15) is 0 Å². The summed E-state index contributed by atoms with van der Waals surface area (Å²) >= 11 is 0. The number of carbonyl (C=O) groups excluding carboxylic acids is 1. The number of likely N-dealkylation sites (N-methyl/N-ethyl adjacent to an activating group) is 1. The summed E-state index contributed by atoms with van der Waals surface area (Å²) in [6.07, 6.45) is 1.77. The number of piperidine rings is 1. The van der Waals surface area contributed by atoms with Gasteiger partial charge in [-0.3, -0.25) is 19.4 Å². The van der Waals surface area contributed by atoms with Gasteiger partial charge in [0.05, 0.1) is 13.1 Å². The molecule has 0 radical (unpaired) electrons. The van der Waals surface area contributed by atoms with E-state index in [1.807, 2.05) is 30.1 Å². The number of hydrogen-bond acceptors (Lipinski definition) is 4. The lowest BCUT2D eigenvalue weighted by atomic mass is 9.86. The molecule has 2 N–H and O–H groups in total. The maximum absolute atomic E-state index is 12.5. The van der Waals surface area contributed by atoms with Gasteiger partial charge >= 0.3 is 5.97 Å². The number of rotatable bonds is 6. The van der Waals surface area contributed by atoms with Gasteiger partial charge < -0.3 is 10.4 Å². The van der Waals surface area contributed by atoms with Gasteiger partial charge in [0.2, 0.25) is 5.91 Å². The standard InChI is InChI=1S/C20H31N3O3/c1-20(2,3)16-7-5-6-8-17(16)21-18(24)13-23-11-9-15(10-12-23)22(4)14-19(25)26/h5-8,15H,9-14H2,1-4H3,(H,21,24)(H,25,26). The molecule has 144 valence electrons. The highest BCUT2D eigenvalue weighted by atomic mass is 16.4. The van der Waals surface area contributed by atoms with Gasteiger partial charge in [-0.05, 0) is 36.9 Å². The van der Waals surface area contributed by atoms with Crippen LogP contribution in [0.2, 0.25) is 0 Å². The first-order valence-corrected chi connectivity index (χ1v) is 9.20. The molecular formula is C20H31N3O3. The molecule has 0 aromatic heterocycles. The van der Waals surface area contributed by atoms with E-state index in [9.17, 15) is 9.59 Å². The lowest BCUT2D eigenvalue weighted by molar-refractivity contribution is -0.138. The Morgan fingerprint density at radius 3 is 2.42 bits per heavy atom. The number of amides is 1. The smallest absolute Gasteiger partial charge is 0.317 e. The van der Waals surface area contributed by atoms with E-state index in [0.717, 1.165) is 37.2 Å². The quantitative estimate of drug-likeness (QED) is 0.814. The van der Waals surface area contributed by atoms with E-state index in [-0.39, 0.29) is 23.9 Å². The zero-order valence-electron chi connectivity index (χ0n) is 16.3. The Morgan fingerprint density at radius 1 is 1.23 bits per heavy atom. The normalized spacial score (nSPS) is 16.7. The highest BCUT2D eigenvalue weighted by molar-refractivity contribution is 5.93. The second-order valence-corrected chi connectivity index (χ2v) is 8.16. The van der Waals surface area contributed by atoms with Crippen molar-refractivity contribution < 1.29 is 14.7 Å². The van der Waals surface area contributed by atoms with Crippen molar-refractivity contribution >= 4 is 17.6 Å². The molecular weight excluding hydrogens is 330 g/mol. The fourth-order valence-corrected chi connectivity index (χ4v) is 3.50. The predicted molar refractivity (Wildman–Crippen MR) is 103 cm³/mol. The van der Waals surface area contributed by atoms with Crippen LogP contribution in [0.25, 0.3) is 0 Å². The molecule has 6 nitrogen and oxygen atoms in total. The van der Waals surface area contributed by atoms with Crippen molar-refractivity contribution in [1.29, 1.82) is 0 Å². The van der Waals surface area contributed by atoms with Gasteiger partial charge in [-0.15, -0.1) is 0 Å². The second kappa shape index (κ2) is 8.64. The first-order valence-electron chi connectivity index (χ1n) is 9.20. The lowest BCUT2D eigenvalue weighted by Crippen LogP contribution is -2.46. The Kier molecular flexibility index (Phi) is 6.78. The summed E-state index contributed by atoms with van der Waals surface area (Å²) in [7, 11) is 1.85. The maximum Gasteiger partial charge on any atom is 0.317 e. The predicted octanol–water partition coefficient (Wildman–Crippen LogP) is 2.40. The minimum absolute atomic E-state index is 0.000888. The minimum atomic E-state index is -0.799. The molecule has 1 fully saturated rings. The molecule has 0 bridgehead atoms. The van der Waals surface area contributed by atoms with Crippen molar-refractivity contribution in [2.24, 2.45) is 0 Å². The van der Waals surface area contributed by atoms with Crippen molar-refractivity contribution in [1.82, 2.24) is 9.80 Å². The summed E-state index contributed by atoms with van der Waals surface area (Å²) in [5, 5.41) is 12.0. The summed E-state index contributed by atoms with van der Waals surface area (Å²) in [5.74, 6) is -0.800. The molecule has 2 rings (SSSR count). The van der Waals surface area contributed by atoms with Gasteiger partial charge in [0.15, 0.2) is 0 Å². The molecule has 0 unspecified atom stereocenters. The van der Waals surface area contributed by atoms with Gasteiger partial charge in [-0.1, -0.05) is 39.0 Å². The molecule has 1 aromatic rings. The fraction of sp³-hybridized carbons (Fsp3) is 0.600. The van der Waals surface area contributed by atoms with Crippen LogP contribution in [-0.2, 0) is 15.0 Å². The summed E-state index contributed by atoms with van der Waals surface area (Å²) in [4.78, 5) is 27.3. The first-order chi connectivity index (χ1) is 12.2. The largest absolute Gasteiger partial charge is 0.480 e.